The first kappa shape index (κ1) is 13.2. The SMILES string of the molecule is CCN(Cc1cc(N)ccc1O)c1cccc(F)c1. The zero-order chi connectivity index (χ0) is 13.8. The van der Waals surface area contributed by atoms with Gasteiger partial charge >= 0.3 is 0 Å². The number of nitrogens with zero attached hydrogens (tertiary/aromatic N) is 1. The van der Waals surface area contributed by atoms with Crippen LogP contribution in [0.4, 0.5) is 15.8 Å². The van der Waals surface area contributed by atoms with Crippen LogP contribution in [0.25, 0.3) is 0 Å². The highest BCUT2D eigenvalue weighted by molar-refractivity contribution is 5.51. The molecule has 2 rings (SSSR count). The monoisotopic (exact) mass is 260 g/mol. The molecule has 0 spiro atoms. The quantitative estimate of drug-likeness (QED) is 0.656. The van der Waals surface area contributed by atoms with Gasteiger partial charge in [0, 0.05) is 30.0 Å². The Morgan fingerprint density at radius 3 is 2.68 bits per heavy atom. The van der Waals surface area contributed by atoms with Crippen LogP contribution in [0.1, 0.15) is 12.5 Å². The van der Waals surface area contributed by atoms with Crippen molar-refractivity contribution in [1.29, 1.82) is 0 Å². The maximum absolute atomic E-state index is 13.2. The molecule has 2 aromatic rings. The van der Waals surface area contributed by atoms with E-state index in [-0.39, 0.29) is 11.6 Å². The van der Waals surface area contributed by atoms with Gasteiger partial charge in [0.1, 0.15) is 11.6 Å². The van der Waals surface area contributed by atoms with E-state index in [4.69, 9.17) is 5.73 Å². The van der Waals surface area contributed by atoms with Crippen LogP contribution in [0.15, 0.2) is 42.5 Å². The van der Waals surface area contributed by atoms with Crippen LogP contribution >= 0.6 is 0 Å². The highest BCUT2D eigenvalue weighted by Crippen LogP contribution is 2.24. The normalized spacial score (nSPS) is 10.4. The number of anilines is 2. The molecule has 100 valence electrons. The zero-order valence-electron chi connectivity index (χ0n) is 10.8. The molecular formula is C15H17FN2O. The number of phenolic OH excluding ortho intramolecular Hbond substituents is 1. The van der Waals surface area contributed by atoms with Crippen molar-refractivity contribution in [2.45, 2.75) is 13.5 Å². The predicted molar refractivity (Wildman–Crippen MR) is 75.6 cm³/mol. The minimum Gasteiger partial charge on any atom is -0.508 e. The standard InChI is InChI=1S/C15H17FN2O/c1-2-18(14-5-3-4-12(16)9-14)10-11-8-13(17)6-7-15(11)19/h3-9,19H,2,10,17H2,1H3. The Kier molecular flexibility index (Phi) is 3.90. The Morgan fingerprint density at radius 2 is 2.00 bits per heavy atom. The van der Waals surface area contributed by atoms with Gasteiger partial charge < -0.3 is 15.7 Å². The molecule has 0 fully saturated rings. The molecule has 0 saturated heterocycles. The van der Waals surface area contributed by atoms with Crippen molar-refractivity contribution < 1.29 is 9.50 Å². The summed E-state index contributed by atoms with van der Waals surface area (Å²) in [6.07, 6.45) is 0. The van der Waals surface area contributed by atoms with Crippen molar-refractivity contribution in [3.8, 4) is 5.75 Å². The number of rotatable bonds is 4. The van der Waals surface area contributed by atoms with E-state index in [1.54, 1.807) is 24.3 Å². The molecule has 0 radical (unpaired) electrons. The molecule has 0 aliphatic heterocycles. The number of nitrogens with two attached hydrogens (primary N) is 1. The number of hydrogen-bond donors (Lipinski definition) is 2. The average molecular weight is 260 g/mol. The minimum absolute atomic E-state index is 0.198. The second-order valence-corrected chi connectivity index (χ2v) is 4.38. The number of hydrogen-bond acceptors (Lipinski definition) is 3. The first-order chi connectivity index (χ1) is 9.10. The summed E-state index contributed by atoms with van der Waals surface area (Å²) in [4.78, 5) is 1.97. The fraction of sp³-hybridized carbons (Fsp3) is 0.200. The van der Waals surface area contributed by atoms with Crippen molar-refractivity contribution in [3.05, 3.63) is 53.8 Å². The maximum Gasteiger partial charge on any atom is 0.125 e. The second kappa shape index (κ2) is 5.61. The lowest BCUT2D eigenvalue weighted by Gasteiger charge is -2.23. The lowest BCUT2D eigenvalue weighted by molar-refractivity contribution is 0.467. The highest BCUT2D eigenvalue weighted by Gasteiger charge is 2.09. The van der Waals surface area contributed by atoms with Gasteiger partial charge in [-0.15, -0.1) is 0 Å². The lowest BCUT2D eigenvalue weighted by Crippen LogP contribution is -2.22. The van der Waals surface area contributed by atoms with E-state index in [2.05, 4.69) is 0 Å². The molecule has 0 bridgehead atoms. The third-order valence-corrected chi connectivity index (χ3v) is 3.02. The van der Waals surface area contributed by atoms with E-state index in [1.807, 2.05) is 17.9 Å². The van der Waals surface area contributed by atoms with Gasteiger partial charge in [-0.25, -0.2) is 4.39 Å². The number of aromatic hydroxyl groups is 1. The Balaban J connectivity index is 2.26. The molecule has 0 atom stereocenters. The van der Waals surface area contributed by atoms with Crippen molar-refractivity contribution in [2.75, 3.05) is 17.2 Å². The fourth-order valence-corrected chi connectivity index (χ4v) is 2.00. The molecule has 0 aliphatic rings. The summed E-state index contributed by atoms with van der Waals surface area (Å²) in [5.74, 6) is -0.0724. The van der Waals surface area contributed by atoms with E-state index < -0.39 is 0 Å². The summed E-state index contributed by atoms with van der Waals surface area (Å²) in [7, 11) is 0. The Morgan fingerprint density at radius 1 is 1.21 bits per heavy atom. The van der Waals surface area contributed by atoms with Crippen molar-refractivity contribution in [3.63, 3.8) is 0 Å². The molecule has 0 saturated carbocycles. The van der Waals surface area contributed by atoms with E-state index in [0.29, 0.717) is 18.8 Å². The summed E-state index contributed by atoms with van der Waals surface area (Å²) in [5.41, 5.74) is 7.83. The number of benzene rings is 2. The van der Waals surface area contributed by atoms with Crippen molar-refractivity contribution in [1.82, 2.24) is 0 Å². The third-order valence-electron chi connectivity index (χ3n) is 3.02. The zero-order valence-corrected chi connectivity index (χ0v) is 10.8. The van der Waals surface area contributed by atoms with E-state index >= 15 is 0 Å². The molecule has 19 heavy (non-hydrogen) atoms. The maximum atomic E-state index is 13.2. The number of phenols is 1. The summed E-state index contributed by atoms with van der Waals surface area (Å²) in [5, 5.41) is 9.82. The van der Waals surface area contributed by atoms with Crippen LogP contribution in [0.5, 0.6) is 5.75 Å². The summed E-state index contributed by atoms with van der Waals surface area (Å²) < 4.78 is 13.2. The largest absolute Gasteiger partial charge is 0.508 e. The van der Waals surface area contributed by atoms with Gasteiger partial charge in [0.25, 0.3) is 0 Å². The average Bonchev–Trinajstić information content (AvgIpc) is 2.39. The Labute approximate surface area is 112 Å². The molecule has 0 aromatic heterocycles. The molecule has 0 heterocycles. The molecular weight excluding hydrogens is 243 g/mol. The van der Waals surface area contributed by atoms with Crippen LogP contribution in [-0.2, 0) is 6.54 Å². The van der Waals surface area contributed by atoms with Gasteiger partial charge in [-0.2, -0.15) is 0 Å². The molecule has 4 heteroatoms. The van der Waals surface area contributed by atoms with E-state index in [0.717, 1.165) is 11.3 Å². The number of nitrogen functional groups attached to an aromatic ring is 1. The van der Waals surface area contributed by atoms with Crippen LogP contribution in [-0.4, -0.2) is 11.7 Å². The van der Waals surface area contributed by atoms with Gasteiger partial charge in [0.2, 0.25) is 0 Å². The minimum atomic E-state index is -0.271. The smallest absolute Gasteiger partial charge is 0.125 e. The lowest BCUT2D eigenvalue weighted by atomic mass is 10.1. The van der Waals surface area contributed by atoms with E-state index in [9.17, 15) is 9.50 Å². The first-order valence-electron chi connectivity index (χ1n) is 6.18. The highest BCUT2D eigenvalue weighted by atomic mass is 19.1. The van der Waals surface area contributed by atoms with Crippen LogP contribution in [0, 0.1) is 5.82 Å². The predicted octanol–water partition coefficient (Wildman–Crippen LogP) is 3.14. The molecule has 3 nitrogen and oxygen atoms in total. The summed E-state index contributed by atoms with van der Waals surface area (Å²) in [6, 6.07) is 11.4. The fourth-order valence-electron chi connectivity index (χ4n) is 2.00. The Hall–Kier alpha value is -2.23. The van der Waals surface area contributed by atoms with Crippen molar-refractivity contribution >= 4 is 11.4 Å². The molecule has 0 unspecified atom stereocenters. The number of halogens is 1. The van der Waals surface area contributed by atoms with E-state index in [1.165, 1.54) is 12.1 Å². The van der Waals surface area contributed by atoms with Gasteiger partial charge in [0.05, 0.1) is 0 Å². The van der Waals surface area contributed by atoms with Gasteiger partial charge in [-0.1, -0.05) is 6.07 Å². The third kappa shape index (κ3) is 3.16. The van der Waals surface area contributed by atoms with Crippen LogP contribution in [0.2, 0.25) is 0 Å². The topological polar surface area (TPSA) is 49.5 Å². The molecule has 3 N–H and O–H groups in total. The molecule has 2 aromatic carbocycles. The Bertz CT molecular complexity index is 572. The first-order valence-corrected chi connectivity index (χ1v) is 6.18. The molecule has 0 aliphatic carbocycles. The van der Waals surface area contributed by atoms with Gasteiger partial charge in [-0.3, -0.25) is 0 Å². The molecule has 0 amide bonds. The van der Waals surface area contributed by atoms with Crippen LogP contribution < -0.4 is 10.6 Å². The van der Waals surface area contributed by atoms with Crippen LogP contribution in [0.3, 0.4) is 0 Å². The van der Waals surface area contributed by atoms with Gasteiger partial charge in [-0.05, 0) is 43.3 Å². The van der Waals surface area contributed by atoms with Gasteiger partial charge in [0.15, 0.2) is 0 Å². The summed E-state index contributed by atoms with van der Waals surface area (Å²) in [6.45, 7) is 3.17. The summed E-state index contributed by atoms with van der Waals surface area (Å²) >= 11 is 0. The second-order valence-electron chi connectivity index (χ2n) is 4.38. The van der Waals surface area contributed by atoms with Crippen molar-refractivity contribution in [2.24, 2.45) is 0 Å².